The minimum atomic E-state index is -4.55. The van der Waals surface area contributed by atoms with E-state index in [0.29, 0.717) is 6.42 Å². The van der Waals surface area contributed by atoms with Crippen molar-refractivity contribution in [2.45, 2.75) is 25.9 Å². The minimum Gasteiger partial charge on any atom is -0.493 e. The zero-order valence-corrected chi connectivity index (χ0v) is 10.9. The Labute approximate surface area is 114 Å². The number of alkyl halides is 3. The van der Waals surface area contributed by atoms with Gasteiger partial charge in [0.2, 0.25) is 0 Å². The standard InChI is InChI=1S/C14H15F3O3/c1-2-3-8-20-12-6-4-10(5-7-13(18)19)9-11(12)14(15,16)17/h4-7,9H,2-3,8H2,1H3,(H,18,19)/b7-5+. The molecule has 0 aliphatic rings. The number of hydrogen-bond acceptors (Lipinski definition) is 2. The minimum absolute atomic E-state index is 0.155. The monoisotopic (exact) mass is 288 g/mol. The van der Waals surface area contributed by atoms with E-state index in [1.165, 1.54) is 12.1 Å². The van der Waals surface area contributed by atoms with Gasteiger partial charge in [-0.3, -0.25) is 0 Å². The molecular formula is C14H15F3O3. The highest BCUT2D eigenvalue weighted by molar-refractivity contribution is 5.85. The number of carbonyl (C=O) groups is 1. The van der Waals surface area contributed by atoms with E-state index >= 15 is 0 Å². The molecule has 0 aromatic heterocycles. The highest BCUT2D eigenvalue weighted by Crippen LogP contribution is 2.37. The van der Waals surface area contributed by atoms with Crippen LogP contribution in [0.15, 0.2) is 24.3 Å². The van der Waals surface area contributed by atoms with Gasteiger partial charge in [-0.05, 0) is 30.2 Å². The van der Waals surface area contributed by atoms with E-state index in [4.69, 9.17) is 9.84 Å². The number of benzene rings is 1. The summed E-state index contributed by atoms with van der Waals surface area (Å²) in [6, 6.07) is 3.47. The molecule has 0 saturated heterocycles. The van der Waals surface area contributed by atoms with Crippen molar-refractivity contribution in [3.63, 3.8) is 0 Å². The Morgan fingerprint density at radius 1 is 1.40 bits per heavy atom. The Balaban J connectivity index is 3.04. The lowest BCUT2D eigenvalue weighted by Gasteiger charge is -2.14. The zero-order chi connectivity index (χ0) is 15.2. The molecule has 0 heterocycles. The summed E-state index contributed by atoms with van der Waals surface area (Å²) >= 11 is 0. The van der Waals surface area contributed by atoms with Crippen LogP contribution in [-0.2, 0) is 11.0 Å². The van der Waals surface area contributed by atoms with Gasteiger partial charge in [0.05, 0.1) is 12.2 Å². The maximum Gasteiger partial charge on any atom is 0.419 e. The molecule has 0 bridgehead atoms. The summed E-state index contributed by atoms with van der Waals surface area (Å²) in [7, 11) is 0. The Morgan fingerprint density at radius 3 is 2.65 bits per heavy atom. The zero-order valence-electron chi connectivity index (χ0n) is 10.9. The van der Waals surface area contributed by atoms with Crippen LogP contribution in [-0.4, -0.2) is 17.7 Å². The van der Waals surface area contributed by atoms with Gasteiger partial charge in [0.15, 0.2) is 0 Å². The molecule has 110 valence electrons. The summed E-state index contributed by atoms with van der Waals surface area (Å²) in [5.74, 6) is -1.46. The quantitative estimate of drug-likeness (QED) is 0.636. The van der Waals surface area contributed by atoms with Crippen LogP contribution in [0.3, 0.4) is 0 Å². The van der Waals surface area contributed by atoms with Gasteiger partial charge in [0.25, 0.3) is 0 Å². The molecule has 3 nitrogen and oxygen atoms in total. The average molecular weight is 288 g/mol. The van der Waals surface area contributed by atoms with Crippen molar-refractivity contribution >= 4 is 12.0 Å². The number of rotatable bonds is 6. The Bertz CT molecular complexity index is 493. The summed E-state index contributed by atoms with van der Waals surface area (Å²) in [6.45, 7) is 2.12. The number of aliphatic carboxylic acids is 1. The first kappa shape index (κ1) is 16.1. The third-order valence-electron chi connectivity index (χ3n) is 2.48. The first-order valence-corrected chi connectivity index (χ1v) is 6.09. The molecule has 6 heteroatoms. The second-order valence-electron chi connectivity index (χ2n) is 4.13. The average Bonchev–Trinajstić information content (AvgIpc) is 2.36. The Kier molecular flexibility index (Phi) is 5.61. The first-order valence-electron chi connectivity index (χ1n) is 6.09. The third-order valence-corrected chi connectivity index (χ3v) is 2.48. The molecule has 0 aliphatic carbocycles. The Hall–Kier alpha value is -1.98. The largest absolute Gasteiger partial charge is 0.493 e. The van der Waals surface area contributed by atoms with Crippen LogP contribution in [0.2, 0.25) is 0 Å². The van der Waals surface area contributed by atoms with Gasteiger partial charge in [-0.25, -0.2) is 4.79 Å². The molecule has 0 radical (unpaired) electrons. The molecule has 1 aromatic rings. The summed E-state index contributed by atoms with van der Waals surface area (Å²) in [5, 5.41) is 8.47. The molecule has 1 rings (SSSR count). The number of hydrogen-bond donors (Lipinski definition) is 1. The van der Waals surface area contributed by atoms with Crippen molar-refractivity contribution in [2.24, 2.45) is 0 Å². The van der Waals surface area contributed by atoms with E-state index in [1.54, 1.807) is 0 Å². The molecule has 1 N–H and O–H groups in total. The lowest BCUT2D eigenvalue weighted by Crippen LogP contribution is -2.09. The SMILES string of the molecule is CCCCOc1ccc(/C=C/C(=O)O)cc1C(F)(F)F. The topological polar surface area (TPSA) is 46.5 Å². The number of halogens is 3. The van der Waals surface area contributed by atoms with Crippen LogP contribution in [0.4, 0.5) is 13.2 Å². The highest BCUT2D eigenvalue weighted by atomic mass is 19.4. The number of unbranched alkanes of at least 4 members (excludes halogenated alkanes) is 1. The van der Waals surface area contributed by atoms with Crippen molar-refractivity contribution in [3.05, 3.63) is 35.4 Å². The fourth-order valence-corrected chi connectivity index (χ4v) is 1.49. The maximum absolute atomic E-state index is 12.9. The van der Waals surface area contributed by atoms with Gasteiger partial charge in [0.1, 0.15) is 5.75 Å². The van der Waals surface area contributed by atoms with Crippen molar-refractivity contribution in [3.8, 4) is 5.75 Å². The second kappa shape index (κ2) is 6.98. The van der Waals surface area contributed by atoms with E-state index in [9.17, 15) is 18.0 Å². The van der Waals surface area contributed by atoms with Crippen LogP contribution in [0.5, 0.6) is 5.75 Å². The predicted molar refractivity (Wildman–Crippen MR) is 68.5 cm³/mol. The van der Waals surface area contributed by atoms with Crippen LogP contribution in [0.25, 0.3) is 6.08 Å². The smallest absolute Gasteiger partial charge is 0.419 e. The summed E-state index contributed by atoms with van der Waals surface area (Å²) in [5.41, 5.74) is -0.747. The molecule has 0 amide bonds. The van der Waals surface area contributed by atoms with Crippen molar-refractivity contribution in [2.75, 3.05) is 6.61 Å². The molecule has 0 spiro atoms. The summed E-state index contributed by atoms with van der Waals surface area (Å²) < 4.78 is 43.9. The van der Waals surface area contributed by atoms with Gasteiger partial charge >= 0.3 is 12.1 Å². The van der Waals surface area contributed by atoms with Gasteiger partial charge in [-0.15, -0.1) is 0 Å². The number of ether oxygens (including phenoxy) is 1. The van der Waals surface area contributed by atoms with Crippen LogP contribution in [0, 0.1) is 0 Å². The van der Waals surface area contributed by atoms with Gasteiger partial charge < -0.3 is 9.84 Å². The van der Waals surface area contributed by atoms with Crippen LogP contribution >= 0.6 is 0 Å². The third kappa shape index (κ3) is 4.95. The van der Waals surface area contributed by atoms with E-state index in [-0.39, 0.29) is 17.9 Å². The lowest BCUT2D eigenvalue weighted by atomic mass is 10.1. The molecule has 0 atom stereocenters. The fraction of sp³-hybridized carbons (Fsp3) is 0.357. The maximum atomic E-state index is 12.9. The van der Waals surface area contributed by atoms with E-state index in [1.807, 2.05) is 6.92 Å². The first-order chi connectivity index (χ1) is 9.34. The molecular weight excluding hydrogens is 273 g/mol. The molecule has 0 aliphatic heterocycles. The van der Waals surface area contributed by atoms with Crippen LogP contribution < -0.4 is 4.74 Å². The van der Waals surface area contributed by atoms with E-state index in [0.717, 1.165) is 24.6 Å². The molecule has 1 aromatic carbocycles. The fourth-order valence-electron chi connectivity index (χ4n) is 1.49. The molecule has 20 heavy (non-hydrogen) atoms. The summed E-state index contributed by atoms with van der Waals surface area (Å²) in [6.07, 6.45) is -1.17. The van der Waals surface area contributed by atoms with E-state index < -0.39 is 17.7 Å². The molecule has 0 saturated carbocycles. The summed E-state index contributed by atoms with van der Waals surface area (Å²) in [4.78, 5) is 10.4. The van der Waals surface area contributed by atoms with Crippen molar-refractivity contribution < 1.29 is 27.8 Å². The second-order valence-corrected chi connectivity index (χ2v) is 4.13. The normalized spacial score (nSPS) is 11.8. The number of carboxylic acid groups (broad SMARTS) is 1. The van der Waals surface area contributed by atoms with Crippen LogP contribution in [0.1, 0.15) is 30.9 Å². The van der Waals surface area contributed by atoms with Gasteiger partial charge in [0, 0.05) is 6.08 Å². The highest BCUT2D eigenvalue weighted by Gasteiger charge is 2.34. The van der Waals surface area contributed by atoms with Crippen molar-refractivity contribution in [1.29, 1.82) is 0 Å². The molecule has 0 fully saturated rings. The predicted octanol–water partition coefficient (Wildman–Crippen LogP) is 3.98. The van der Waals surface area contributed by atoms with Gasteiger partial charge in [-0.1, -0.05) is 19.4 Å². The Morgan fingerprint density at radius 2 is 2.10 bits per heavy atom. The van der Waals surface area contributed by atoms with Crippen molar-refractivity contribution in [1.82, 2.24) is 0 Å². The van der Waals surface area contributed by atoms with Gasteiger partial charge in [-0.2, -0.15) is 13.2 Å². The number of carboxylic acids is 1. The molecule has 0 unspecified atom stereocenters. The lowest BCUT2D eigenvalue weighted by molar-refractivity contribution is -0.139. The van der Waals surface area contributed by atoms with E-state index in [2.05, 4.69) is 0 Å².